The number of amides is 1. The average Bonchev–Trinajstić information content (AvgIpc) is 2.88. The van der Waals surface area contributed by atoms with Crippen molar-refractivity contribution in [3.63, 3.8) is 0 Å². The number of aliphatic hydroxyl groups excluding tert-OH is 1. The quantitative estimate of drug-likeness (QED) is 0.115. The Morgan fingerprint density at radius 2 is 1.00 bits per heavy atom. The molecule has 0 saturated heterocycles. The summed E-state index contributed by atoms with van der Waals surface area (Å²) < 4.78 is 34.8. The minimum absolute atomic E-state index is 0.00320. The lowest BCUT2D eigenvalue weighted by atomic mass is 9.82. The largest absolute Gasteiger partial charge is 0.460 e. The lowest BCUT2D eigenvalue weighted by Gasteiger charge is -2.40. The summed E-state index contributed by atoms with van der Waals surface area (Å²) in [4.78, 5) is 50.4. The molecule has 1 fully saturated rings. The van der Waals surface area contributed by atoms with Gasteiger partial charge in [0, 0.05) is 19.1 Å². The summed E-state index contributed by atoms with van der Waals surface area (Å²) in [5.74, 6) is -1.85. The highest BCUT2D eigenvalue weighted by Gasteiger charge is 2.43. The maximum absolute atomic E-state index is 13.3. The Hall–Kier alpha value is -2.28. The van der Waals surface area contributed by atoms with E-state index >= 15 is 0 Å². The third-order valence-corrected chi connectivity index (χ3v) is 6.67. The molecular formula is C34H61NO11. The summed E-state index contributed by atoms with van der Waals surface area (Å²) in [6.07, 6.45) is 2.00. The second-order valence-corrected chi connectivity index (χ2v) is 14.8. The Morgan fingerprint density at radius 1 is 0.609 bits per heavy atom. The molecule has 2 N–H and O–H groups in total. The number of aliphatic hydroxyl groups is 1. The minimum atomic E-state index is -0.678. The molecule has 268 valence electrons. The zero-order chi connectivity index (χ0) is 35.0. The van der Waals surface area contributed by atoms with Crippen LogP contribution in [0.15, 0.2) is 0 Å². The Balaban J connectivity index is 3.07. The molecule has 1 rings (SSSR count). The number of hydrogen-bond donors (Lipinski definition) is 2. The number of rotatable bonds is 19. The van der Waals surface area contributed by atoms with Crippen LogP contribution in [0.1, 0.15) is 120 Å². The molecule has 46 heavy (non-hydrogen) atoms. The predicted molar refractivity (Wildman–Crippen MR) is 172 cm³/mol. The molecule has 1 saturated carbocycles. The molecule has 0 heterocycles. The van der Waals surface area contributed by atoms with Gasteiger partial charge >= 0.3 is 17.9 Å². The van der Waals surface area contributed by atoms with E-state index in [-0.39, 0.29) is 51.6 Å². The van der Waals surface area contributed by atoms with Crippen molar-refractivity contribution in [2.45, 2.75) is 155 Å². The van der Waals surface area contributed by atoms with Crippen LogP contribution >= 0.6 is 0 Å². The summed E-state index contributed by atoms with van der Waals surface area (Å²) in [5.41, 5.74) is -1.91. The van der Waals surface area contributed by atoms with Gasteiger partial charge in [0.05, 0.1) is 51.3 Å². The Bertz CT molecular complexity index is 889. The van der Waals surface area contributed by atoms with E-state index in [2.05, 4.69) is 5.32 Å². The first-order valence-electron chi connectivity index (χ1n) is 16.7. The fraction of sp³-hybridized carbons (Fsp3) is 0.882. The lowest BCUT2D eigenvalue weighted by Crippen LogP contribution is -2.52. The molecule has 1 aliphatic carbocycles. The summed E-state index contributed by atoms with van der Waals surface area (Å²) in [6, 6.07) is 0. The number of unbranched alkanes of at least 4 members (excludes halogenated alkanes) is 3. The predicted octanol–water partition coefficient (Wildman–Crippen LogP) is 4.42. The van der Waals surface area contributed by atoms with Gasteiger partial charge in [0.25, 0.3) is 0 Å². The first-order valence-corrected chi connectivity index (χ1v) is 16.7. The van der Waals surface area contributed by atoms with Gasteiger partial charge in [-0.3, -0.25) is 19.2 Å². The molecule has 0 radical (unpaired) electrons. The van der Waals surface area contributed by atoms with Crippen molar-refractivity contribution < 1.29 is 52.7 Å². The van der Waals surface area contributed by atoms with Crippen LogP contribution in [0.4, 0.5) is 0 Å². The van der Waals surface area contributed by atoms with Crippen molar-refractivity contribution in [2.24, 2.45) is 5.92 Å². The van der Waals surface area contributed by atoms with Crippen molar-refractivity contribution in [3.05, 3.63) is 0 Å². The number of carbonyl (C=O) groups is 4. The van der Waals surface area contributed by atoms with E-state index in [1.54, 1.807) is 62.3 Å². The molecule has 12 heteroatoms. The number of ether oxygens (including phenoxy) is 6. The van der Waals surface area contributed by atoms with Crippen LogP contribution in [0.25, 0.3) is 0 Å². The van der Waals surface area contributed by atoms with Gasteiger partial charge in [-0.05, 0) is 88.0 Å². The fourth-order valence-electron chi connectivity index (χ4n) is 4.91. The van der Waals surface area contributed by atoms with Gasteiger partial charge in [-0.25, -0.2) is 0 Å². The fourth-order valence-corrected chi connectivity index (χ4v) is 4.91. The Morgan fingerprint density at radius 3 is 1.39 bits per heavy atom. The van der Waals surface area contributed by atoms with E-state index in [4.69, 9.17) is 33.5 Å². The molecule has 2 atom stereocenters. The van der Waals surface area contributed by atoms with Crippen molar-refractivity contribution in [2.75, 3.05) is 33.0 Å². The Kier molecular flexibility index (Phi) is 18.3. The van der Waals surface area contributed by atoms with Crippen LogP contribution in [0, 0.1) is 5.92 Å². The molecule has 1 amide bonds. The highest BCUT2D eigenvalue weighted by atomic mass is 16.6. The molecule has 0 bridgehead atoms. The molecule has 0 unspecified atom stereocenters. The summed E-state index contributed by atoms with van der Waals surface area (Å²) in [7, 11) is 0. The third-order valence-electron chi connectivity index (χ3n) is 6.67. The first-order chi connectivity index (χ1) is 21.3. The van der Waals surface area contributed by atoms with E-state index in [9.17, 15) is 19.2 Å². The molecule has 0 aliphatic heterocycles. The van der Waals surface area contributed by atoms with Crippen LogP contribution in [-0.2, 0) is 47.6 Å². The lowest BCUT2D eigenvalue weighted by molar-refractivity contribution is -0.183. The zero-order valence-electron chi connectivity index (χ0n) is 29.7. The van der Waals surface area contributed by atoms with Crippen LogP contribution in [0.5, 0.6) is 0 Å². The van der Waals surface area contributed by atoms with Gasteiger partial charge in [-0.1, -0.05) is 12.8 Å². The van der Waals surface area contributed by atoms with Gasteiger partial charge in [0.2, 0.25) is 5.91 Å². The van der Waals surface area contributed by atoms with Gasteiger partial charge < -0.3 is 38.8 Å². The Labute approximate surface area is 275 Å². The number of nitrogens with one attached hydrogen (secondary N) is 1. The van der Waals surface area contributed by atoms with Gasteiger partial charge in [-0.2, -0.15) is 0 Å². The second kappa shape index (κ2) is 20.2. The van der Waals surface area contributed by atoms with E-state index in [1.807, 2.05) is 0 Å². The zero-order valence-corrected chi connectivity index (χ0v) is 29.7. The number of carbonyl (C=O) groups excluding carboxylic acids is 4. The third kappa shape index (κ3) is 20.1. The van der Waals surface area contributed by atoms with Crippen molar-refractivity contribution >= 4 is 23.8 Å². The second-order valence-electron chi connectivity index (χ2n) is 14.8. The highest BCUT2D eigenvalue weighted by Crippen LogP contribution is 2.32. The van der Waals surface area contributed by atoms with Crippen molar-refractivity contribution in [1.82, 2.24) is 5.32 Å². The van der Waals surface area contributed by atoms with E-state index < -0.39 is 58.9 Å². The van der Waals surface area contributed by atoms with Crippen LogP contribution in [0.2, 0.25) is 0 Å². The number of hydrogen-bond acceptors (Lipinski definition) is 11. The highest BCUT2D eigenvalue weighted by molar-refractivity contribution is 5.79. The van der Waals surface area contributed by atoms with Gasteiger partial charge in [-0.15, -0.1) is 0 Å². The molecule has 0 aromatic heterocycles. The summed E-state index contributed by atoms with van der Waals surface area (Å²) in [5, 5.41) is 12.0. The van der Waals surface area contributed by atoms with E-state index in [0.29, 0.717) is 19.4 Å². The normalized spacial score (nSPS) is 20.6. The monoisotopic (exact) mass is 659 g/mol. The molecule has 0 aromatic carbocycles. The summed E-state index contributed by atoms with van der Waals surface area (Å²) >= 11 is 0. The SMILES string of the molecule is CC(C)(C)OC(=O)CCOC1[C@H](OCCC(=O)OC(C)(C)C)CC(C(=O)NCCCCCCO)C[C@H]1OCCC(=O)OC(C)(C)C. The van der Waals surface area contributed by atoms with E-state index in [1.165, 1.54) is 0 Å². The smallest absolute Gasteiger partial charge is 0.308 e. The topological polar surface area (TPSA) is 156 Å². The average molecular weight is 660 g/mol. The van der Waals surface area contributed by atoms with Crippen LogP contribution in [0.3, 0.4) is 0 Å². The number of esters is 3. The molecule has 1 aliphatic rings. The maximum atomic E-state index is 13.3. The van der Waals surface area contributed by atoms with E-state index in [0.717, 1.165) is 25.7 Å². The van der Waals surface area contributed by atoms with Crippen molar-refractivity contribution in [3.8, 4) is 0 Å². The maximum Gasteiger partial charge on any atom is 0.308 e. The standard InChI is InChI=1S/C34H61NO11/c1-32(2,3)44-27(37)14-19-41-25-22-24(31(40)35-17-12-10-11-13-18-36)23-26(42-20-15-28(38)45-33(4,5)6)30(25)43-21-16-29(39)46-34(7,8)9/h24-26,30,36H,10-23H2,1-9H3,(H,35,40)/t24?,25-,26-,30?/m1/s1. The summed E-state index contributed by atoms with van der Waals surface area (Å²) in [6.45, 7) is 16.9. The molecule has 0 aromatic rings. The first kappa shape index (κ1) is 41.7. The van der Waals surface area contributed by atoms with Crippen LogP contribution in [-0.4, -0.2) is 97.0 Å². The molecule has 12 nitrogen and oxygen atoms in total. The van der Waals surface area contributed by atoms with Crippen LogP contribution < -0.4 is 5.32 Å². The van der Waals surface area contributed by atoms with Gasteiger partial charge in [0.1, 0.15) is 22.9 Å². The molecule has 0 spiro atoms. The van der Waals surface area contributed by atoms with Gasteiger partial charge in [0.15, 0.2) is 0 Å². The van der Waals surface area contributed by atoms with Crippen molar-refractivity contribution in [1.29, 1.82) is 0 Å². The minimum Gasteiger partial charge on any atom is -0.460 e. The molecular weight excluding hydrogens is 598 g/mol.